The molecule has 7 nitrogen and oxygen atoms in total. The van der Waals surface area contributed by atoms with E-state index in [9.17, 15) is 9.59 Å². The predicted molar refractivity (Wildman–Crippen MR) is 145 cm³/mol. The van der Waals surface area contributed by atoms with Gasteiger partial charge in [0, 0.05) is 0 Å². The summed E-state index contributed by atoms with van der Waals surface area (Å²) in [5, 5.41) is 0. The Morgan fingerprint density at radius 2 is 1.84 bits per heavy atom. The van der Waals surface area contributed by atoms with Gasteiger partial charge in [0.1, 0.15) is 6.61 Å². The lowest BCUT2D eigenvalue weighted by Crippen LogP contribution is -2.39. The third kappa shape index (κ3) is 5.44. The monoisotopic (exact) mass is 518 g/mol. The highest BCUT2D eigenvalue weighted by molar-refractivity contribution is 7.07. The van der Waals surface area contributed by atoms with E-state index < -0.39 is 12.0 Å². The second kappa shape index (κ2) is 11.4. The molecule has 4 rings (SSSR count). The van der Waals surface area contributed by atoms with E-state index in [2.05, 4.69) is 11.6 Å². The molecule has 0 bridgehead atoms. The van der Waals surface area contributed by atoms with Crippen molar-refractivity contribution in [3.8, 4) is 11.5 Å². The standard InChI is InChI=1S/C29H30N2O5S/c1-6-15-36-22-14-11-20(16-23(22)34-7-2)17-24-27(32)31-26(21-12-9-18(4)10-13-21)25(28(33)35-8-3)19(5)30-29(31)37-24/h6,9-14,16-17,26H,1,7-8,15H2,2-5H3/b24-17-/t26-/m1/s1. The molecule has 0 radical (unpaired) electrons. The van der Waals surface area contributed by atoms with Crippen molar-refractivity contribution in [1.82, 2.24) is 4.57 Å². The number of fused-ring (bicyclic) bond motifs is 1. The van der Waals surface area contributed by atoms with Gasteiger partial charge in [-0.3, -0.25) is 9.36 Å². The van der Waals surface area contributed by atoms with Gasteiger partial charge < -0.3 is 14.2 Å². The summed E-state index contributed by atoms with van der Waals surface area (Å²) in [7, 11) is 0. The molecule has 3 aromatic rings. The fraction of sp³-hybridized carbons (Fsp3) is 0.276. The summed E-state index contributed by atoms with van der Waals surface area (Å²) in [6, 6.07) is 12.7. The van der Waals surface area contributed by atoms with Crippen LogP contribution < -0.4 is 24.4 Å². The fourth-order valence-corrected chi connectivity index (χ4v) is 5.20. The van der Waals surface area contributed by atoms with Crippen LogP contribution in [-0.4, -0.2) is 30.4 Å². The molecule has 0 N–H and O–H groups in total. The second-order valence-electron chi connectivity index (χ2n) is 8.45. The number of esters is 1. The van der Waals surface area contributed by atoms with Gasteiger partial charge in [-0.25, -0.2) is 9.79 Å². The van der Waals surface area contributed by atoms with Crippen LogP contribution in [0.5, 0.6) is 11.5 Å². The van der Waals surface area contributed by atoms with Crippen LogP contribution in [0.3, 0.4) is 0 Å². The summed E-state index contributed by atoms with van der Waals surface area (Å²) >= 11 is 1.28. The maximum absolute atomic E-state index is 13.8. The number of ether oxygens (including phenoxy) is 3. The number of carbonyl (C=O) groups is 1. The topological polar surface area (TPSA) is 79.1 Å². The minimum atomic E-state index is -0.633. The molecule has 1 aliphatic heterocycles. The zero-order valence-electron chi connectivity index (χ0n) is 21.4. The first-order chi connectivity index (χ1) is 17.9. The quantitative estimate of drug-likeness (QED) is 0.315. The average Bonchev–Trinajstić information content (AvgIpc) is 3.17. The van der Waals surface area contributed by atoms with Crippen molar-refractivity contribution in [2.24, 2.45) is 4.99 Å². The second-order valence-corrected chi connectivity index (χ2v) is 9.46. The number of benzene rings is 2. The molecule has 8 heteroatoms. The summed E-state index contributed by atoms with van der Waals surface area (Å²) in [6.07, 6.45) is 3.47. The highest BCUT2D eigenvalue weighted by Crippen LogP contribution is 2.31. The summed E-state index contributed by atoms with van der Waals surface area (Å²) in [5.41, 5.74) is 3.37. The number of aryl methyl sites for hydroxylation is 1. The molecule has 1 aromatic heterocycles. The van der Waals surface area contributed by atoms with E-state index in [0.29, 0.717) is 45.3 Å². The Balaban J connectivity index is 1.87. The first-order valence-corrected chi connectivity index (χ1v) is 13.0. The highest BCUT2D eigenvalue weighted by atomic mass is 32.1. The van der Waals surface area contributed by atoms with Gasteiger partial charge in [0.2, 0.25) is 0 Å². The maximum atomic E-state index is 13.8. The van der Waals surface area contributed by atoms with Crippen molar-refractivity contribution >= 4 is 23.4 Å². The minimum Gasteiger partial charge on any atom is -0.490 e. The fourth-order valence-electron chi connectivity index (χ4n) is 4.16. The number of thiazole rings is 1. The van der Waals surface area contributed by atoms with Crippen molar-refractivity contribution in [3.05, 3.63) is 103 Å². The van der Waals surface area contributed by atoms with Crippen molar-refractivity contribution in [1.29, 1.82) is 0 Å². The molecular weight excluding hydrogens is 488 g/mol. The molecule has 0 unspecified atom stereocenters. The van der Waals surface area contributed by atoms with Gasteiger partial charge in [0.25, 0.3) is 5.56 Å². The average molecular weight is 519 g/mol. The summed E-state index contributed by atoms with van der Waals surface area (Å²) in [4.78, 5) is 31.9. The molecule has 2 aromatic carbocycles. The lowest BCUT2D eigenvalue weighted by atomic mass is 9.95. The zero-order chi connectivity index (χ0) is 26.5. The molecule has 1 aliphatic rings. The molecular formula is C29H30N2O5S. The Morgan fingerprint density at radius 3 is 2.51 bits per heavy atom. The number of hydrogen-bond acceptors (Lipinski definition) is 7. The van der Waals surface area contributed by atoms with Crippen LogP contribution in [0, 0.1) is 6.92 Å². The molecule has 0 fully saturated rings. The van der Waals surface area contributed by atoms with Gasteiger partial charge >= 0.3 is 5.97 Å². The summed E-state index contributed by atoms with van der Waals surface area (Å²) < 4.78 is 18.9. The number of carbonyl (C=O) groups excluding carboxylic acids is 1. The van der Waals surface area contributed by atoms with Crippen LogP contribution in [0.1, 0.15) is 43.5 Å². The molecule has 0 spiro atoms. The van der Waals surface area contributed by atoms with Crippen LogP contribution >= 0.6 is 11.3 Å². The predicted octanol–water partition coefficient (Wildman–Crippen LogP) is 4.07. The van der Waals surface area contributed by atoms with E-state index in [-0.39, 0.29) is 12.2 Å². The molecule has 37 heavy (non-hydrogen) atoms. The number of allylic oxidation sites excluding steroid dienone is 1. The summed E-state index contributed by atoms with van der Waals surface area (Å²) in [5.74, 6) is 0.721. The molecule has 1 atom stereocenters. The van der Waals surface area contributed by atoms with E-state index in [4.69, 9.17) is 14.2 Å². The zero-order valence-corrected chi connectivity index (χ0v) is 22.3. The van der Waals surface area contributed by atoms with E-state index >= 15 is 0 Å². The van der Waals surface area contributed by atoms with Gasteiger partial charge in [-0.1, -0.05) is 59.9 Å². The third-order valence-corrected chi connectivity index (χ3v) is 6.82. The Bertz CT molecular complexity index is 1530. The molecule has 0 saturated carbocycles. The lowest BCUT2D eigenvalue weighted by molar-refractivity contribution is -0.139. The van der Waals surface area contributed by atoms with Crippen molar-refractivity contribution in [3.63, 3.8) is 0 Å². The molecule has 0 saturated heterocycles. The van der Waals surface area contributed by atoms with Gasteiger partial charge in [0.05, 0.1) is 35.1 Å². The SMILES string of the molecule is C=CCOc1ccc(/C=c2\sc3n(c2=O)[C@H](c2ccc(C)cc2)C(C(=O)OCC)=C(C)N=3)cc1OCC. The van der Waals surface area contributed by atoms with E-state index in [1.54, 1.807) is 30.6 Å². The smallest absolute Gasteiger partial charge is 0.338 e. The third-order valence-electron chi connectivity index (χ3n) is 5.83. The van der Waals surface area contributed by atoms with Gasteiger partial charge in [-0.2, -0.15) is 0 Å². The normalized spacial score (nSPS) is 15.1. The van der Waals surface area contributed by atoms with E-state index in [1.165, 1.54) is 11.3 Å². The largest absolute Gasteiger partial charge is 0.490 e. The van der Waals surface area contributed by atoms with Crippen molar-refractivity contribution in [2.45, 2.75) is 33.7 Å². The number of nitrogens with zero attached hydrogens (tertiary/aromatic N) is 2. The molecule has 192 valence electrons. The molecule has 0 amide bonds. The van der Waals surface area contributed by atoms with Crippen LogP contribution in [-0.2, 0) is 9.53 Å². The first-order valence-electron chi connectivity index (χ1n) is 12.1. The lowest BCUT2D eigenvalue weighted by Gasteiger charge is -2.24. The number of rotatable bonds is 9. The van der Waals surface area contributed by atoms with Gasteiger partial charge in [-0.15, -0.1) is 0 Å². The minimum absolute atomic E-state index is 0.228. The maximum Gasteiger partial charge on any atom is 0.338 e. The number of aromatic nitrogens is 1. The Hall–Kier alpha value is -3.91. The van der Waals surface area contributed by atoms with Crippen LogP contribution in [0.25, 0.3) is 6.08 Å². The Morgan fingerprint density at radius 1 is 1.08 bits per heavy atom. The van der Waals surface area contributed by atoms with E-state index in [0.717, 1.165) is 16.7 Å². The van der Waals surface area contributed by atoms with Crippen LogP contribution in [0.2, 0.25) is 0 Å². The highest BCUT2D eigenvalue weighted by Gasteiger charge is 2.33. The van der Waals surface area contributed by atoms with Gasteiger partial charge in [0.15, 0.2) is 16.3 Å². The first kappa shape index (κ1) is 26.2. The van der Waals surface area contributed by atoms with Gasteiger partial charge in [-0.05, 0) is 57.0 Å². The Labute approximate surface area is 219 Å². The molecule has 2 heterocycles. The Kier molecular flexibility index (Phi) is 8.08. The van der Waals surface area contributed by atoms with Crippen LogP contribution in [0.15, 0.2) is 76.2 Å². The molecule has 0 aliphatic carbocycles. The number of hydrogen-bond donors (Lipinski definition) is 0. The van der Waals surface area contributed by atoms with E-state index in [1.807, 2.05) is 56.3 Å². The summed E-state index contributed by atoms with van der Waals surface area (Å²) in [6.45, 7) is 12.2. The van der Waals surface area contributed by atoms with Crippen LogP contribution in [0.4, 0.5) is 0 Å². The van der Waals surface area contributed by atoms with Crippen molar-refractivity contribution < 1.29 is 19.0 Å². The van der Waals surface area contributed by atoms with Crippen molar-refractivity contribution in [2.75, 3.05) is 19.8 Å².